The van der Waals surface area contributed by atoms with E-state index in [0.717, 1.165) is 13.1 Å². The highest BCUT2D eigenvalue weighted by Gasteiger charge is 2.28. The number of hydrogen-bond acceptors (Lipinski definition) is 4. The van der Waals surface area contributed by atoms with Crippen molar-refractivity contribution in [2.24, 2.45) is 0 Å². The first-order valence-electron chi connectivity index (χ1n) is 7.32. The summed E-state index contributed by atoms with van der Waals surface area (Å²) in [5, 5.41) is 6.20. The lowest BCUT2D eigenvalue weighted by atomic mass is 10.1. The molecule has 0 saturated carbocycles. The van der Waals surface area contributed by atoms with Crippen molar-refractivity contribution in [1.82, 2.24) is 15.5 Å². The Kier molecular flexibility index (Phi) is 12.7. The van der Waals surface area contributed by atoms with E-state index in [2.05, 4.69) is 43.2 Å². The maximum Gasteiger partial charge on any atom is 0.239 e. The molecule has 1 fully saturated rings. The van der Waals surface area contributed by atoms with Crippen molar-refractivity contribution in [1.29, 1.82) is 0 Å². The van der Waals surface area contributed by atoms with Crippen LogP contribution in [0.1, 0.15) is 34.6 Å². The Labute approximate surface area is 141 Å². The van der Waals surface area contributed by atoms with Gasteiger partial charge in [-0.15, -0.1) is 24.8 Å². The molecule has 128 valence electrons. The average Bonchev–Trinajstić information content (AvgIpc) is 2.33. The zero-order valence-electron chi connectivity index (χ0n) is 13.7. The Morgan fingerprint density at radius 2 is 1.86 bits per heavy atom. The van der Waals surface area contributed by atoms with Gasteiger partial charge in [0.25, 0.3) is 0 Å². The summed E-state index contributed by atoms with van der Waals surface area (Å²) in [7, 11) is 0. The summed E-state index contributed by atoms with van der Waals surface area (Å²) in [4.78, 5) is 14.4. The van der Waals surface area contributed by atoms with E-state index in [1.807, 2.05) is 6.92 Å². The maximum absolute atomic E-state index is 12.1. The first-order chi connectivity index (χ1) is 8.93. The number of nitrogens with one attached hydrogen (secondary N) is 2. The molecule has 1 heterocycles. The quantitative estimate of drug-likeness (QED) is 0.766. The van der Waals surface area contributed by atoms with Gasteiger partial charge in [-0.3, -0.25) is 9.69 Å². The number of ether oxygens (including phenoxy) is 1. The van der Waals surface area contributed by atoms with Crippen LogP contribution in [0.3, 0.4) is 0 Å². The van der Waals surface area contributed by atoms with E-state index in [4.69, 9.17) is 4.74 Å². The van der Waals surface area contributed by atoms with E-state index >= 15 is 0 Å². The predicted octanol–water partition coefficient (Wildman–Crippen LogP) is 1.44. The maximum atomic E-state index is 12.1. The Hall–Kier alpha value is -0.0700. The van der Waals surface area contributed by atoms with E-state index in [1.165, 1.54) is 0 Å². The van der Waals surface area contributed by atoms with Crippen LogP contribution in [0.2, 0.25) is 0 Å². The van der Waals surface area contributed by atoms with E-state index in [-0.39, 0.29) is 42.9 Å². The molecule has 7 heteroatoms. The van der Waals surface area contributed by atoms with Crippen LogP contribution in [0.4, 0.5) is 0 Å². The number of halogens is 2. The number of carbonyl (C=O) groups excluding carboxylic acids is 1. The van der Waals surface area contributed by atoms with Crippen LogP contribution in [0.15, 0.2) is 0 Å². The molecule has 0 unspecified atom stereocenters. The summed E-state index contributed by atoms with van der Waals surface area (Å²) in [6.07, 6.45) is -0.0555. The van der Waals surface area contributed by atoms with Gasteiger partial charge in [0.15, 0.2) is 0 Å². The van der Waals surface area contributed by atoms with Crippen LogP contribution in [-0.2, 0) is 9.53 Å². The lowest BCUT2D eigenvalue weighted by Crippen LogP contribution is -2.56. The van der Waals surface area contributed by atoms with Gasteiger partial charge in [0.05, 0.1) is 12.7 Å². The number of rotatable bonds is 6. The largest absolute Gasteiger partial charge is 0.375 e. The number of nitrogens with zero attached hydrogens (tertiary/aromatic N) is 1. The summed E-state index contributed by atoms with van der Waals surface area (Å²) < 4.78 is 5.48. The molecule has 1 amide bonds. The Bertz CT molecular complexity index is 283. The highest BCUT2D eigenvalue weighted by molar-refractivity contribution is 5.85. The third-order valence-corrected chi connectivity index (χ3v) is 3.59. The van der Waals surface area contributed by atoms with Crippen molar-refractivity contribution in [3.8, 4) is 0 Å². The van der Waals surface area contributed by atoms with Crippen molar-refractivity contribution in [3.05, 3.63) is 0 Å². The van der Waals surface area contributed by atoms with Gasteiger partial charge >= 0.3 is 0 Å². The average molecular weight is 344 g/mol. The summed E-state index contributed by atoms with van der Waals surface area (Å²) in [5.41, 5.74) is 0. The second-order valence-electron chi connectivity index (χ2n) is 5.72. The van der Waals surface area contributed by atoms with Crippen molar-refractivity contribution >= 4 is 30.7 Å². The van der Waals surface area contributed by atoms with Gasteiger partial charge in [-0.05, 0) is 34.6 Å². The topological polar surface area (TPSA) is 53.6 Å². The minimum absolute atomic E-state index is 0. The van der Waals surface area contributed by atoms with Crippen LogP contribution in [0.5, 0.6) is 0 Å². The zero-order chi connectivity index (χ0) is 14.4. The Morgan fingerprint density at radius 1 is 1.29 bits per heavy atom. The van der Waals surface area contributed by atoms with Gasteiger partial charge in [0.1, 0.15) is 6.04 Å². The first-order valence-corrected chi connectivity index (χ1v) is 7.32. The van der Waals surface area contributed by atoms with Gasteiger partial charge in [-0.25, -0.2) is 0 Å². The van der Waals surface area contributed by atoms with Gasteiger partial charge in [-0.1, -0.05) is 0 Å². The third-order valence-electron chi connectivity index (χ3n) is 3.59. The smallest absolute Gasteiger partial charge is 0.239 e. The molecule has 2 atom stereocenters. The van der Waals surface area contributed by atoms with Crippen molar-refractivity contribution in [2.75, 3.05) is 26.2 Å². The second kappa shape index (κ2) is 11.5. The number of carbonyl (C=O) groups is 1. The lowest BCUT2D eigenvalue weighted by molar-refractivity contribution is -0.129. The number of hydrogen-bond donors (Lipinski definition) is 2. The molecule has 0 aromatic carbocycles. The van der Waals surface area contributed by atoms with E-state index in [0.29, 0.717) is 25.2 Å². The van der Waals surface area contributed by atoms with Crippen molar-refractivity contribution in [3.63, 3.8) is 0 Å². The highest BCUT2D eigenvalue weighted by Crippen LogP contribution is 2.05. The van der Waals surface area contributed by atoms with Crippen molar-refractivity contribution < 1.29 is 9.53 Å². The monoisotopic (exact) mass is 343 g/mol. The predicted molar refractivity (Wildman–Crippen MR) is 91.7 cm³/mol. The zero-order valence-corrected chi connectivity index (χ0v) is 15.4. The summed E-state index contributed by atoms with van der Waals surface area (Å²) >= 11 is 0. The molecule has 0 aromatic heterocycles. The summed E-state index contributed by atoms with van der Waals surface area (Å²) in [6, 6.07) is 0.763. The molecule has 1 rings (SSSR count). The van der Waals surface area contributed by atoms with E-state index in [1.54, 1.807) is 0 Å². The molecule has 0 spiro atoms. The van der Waals surface area contributed by atoms with Crippen LogP contribution in [0, 0.1) is 0 Å². The molecule has 0 aliphatic carbocycles. The van der Waals surface area contributed by atoms with Crippen LogP contribution < -0.4 is 10.6 Å². The van der Waals surface area contributed by atoms with Gasteiger partial charge in [-0.2, -0.15) is 0 Å². The van der Waals surface area contributed by atoms with Gasteiger partial charge < -0.3 is 15.4 Å². The molecule has 1 saturated heterocycles. The fraction of sp³-hybridized carbons (Fsp3) is 0.929. The molecule has 21 heavy (non-hydrogen) atoms. The molecular formula is C14H31Cl2N3O2. The second-order valence-corrected chi connectivity index (χ2v) is 5.72. The normalized spacial score (nSPS) is 21.9. The van der Waals surface area contributed by atoms with Crippen LogP contribution in [0.25, 0.3) is 0 Å². The third kappa shape index (κ3) is 7.66. The fourth-order valence-corrected chi connectivity index (χ4v) is 2.56. The van der Waals surface area contributed by atoms with Gasteiger partial charge in [0.2, 0.25) is 5.91 Å². The van der Waals surface area contributed by atoms with E-state index in [9.17, 15) is 4.79 Å². The molecule has 0 bridgehead atoms. The summed E-state index contributed by atoms with van der Waals surface area (Å²) in [5.74, 6) is 0.0414. The van der Waals surface area contributed by atoms with Gasteiger partial charge in [0, 0.05) is 31.7 Å². The van der Waals surface area contributed by atoms with E-state index < -0.39 is 0 Å². The molecule has 1 aliphatic heterocycles. The Morgan fingerprint density at radius 3 is 2.33 bits per heavy atom. The highest BCUT2D eigenvalue weighted by atomic mass is 35.5. The SMILES string of the molecule is CC(C)N(CCNC(=O)[C@H]1NCCO[C@@H]1C)C(C)C.Cl.Cl. The number of amides is 1. The number of morpholine rings is 1. The first kappa shape index (κ1) is 23.2. The lowest BCUT2D eigenvalue weighted by Gasteiger charge is -2.32. The molecule has 0 radical (unpaired) electrons. The fourth-order valence-electron chi connectivity index (χ4n) is 2.56. The van der Waals surface area contributed by atoms with Crippen molar-refractivity contribution in [2.45, 2.75) is 58.8 Å². The summed E-state index contributed by atoms with van der Waals surface area (Å²) in [6.45, 7) is 13.6. The minimum atomic E-state index is -0.222. The van der Waals surface area contributed by atoms with Crippen LogP contribution in [-0.4, -0.2) is 61.3 Å². The minimum Gasteiger partial charge on any atom is -0.375 e. The standard InChI is InChI=1S/C14H29N3O2.2ClH/c1-10(2)17(11(3)4)8-6-16-14(18)13-12(5)19-9-7-15-13;;/h10-13,15H,6-9H2,1-5H3,(H,16,18);2*1H/t12-,13+;;/m1../s1. The molecular weight excluding hydrogens is 313 g/mol. The molecule has 2 N–H and O–H groups in total. The molecule has 1 aliphatic rings. The molecule has 5 nitrogen and oxygen atoms in total. The molecule has 0 aromatic rings. The Balaban J connectivity index is 0. The van der Waals surface area contributed by atoms with Crippen LogP contribution >= 0.6 is 24.8 Å².